The minimum atomic E-state index is -3.41. The molecule has 0 amide bonds. The molecule has 2 aromatic rings. The van der Waals surface area contributed by atoms with Crippen LogP contribution < -0.4 is 10.6 Å². The first kappa shape index (κ1) is 21.2. The van der Waals surface area contributed by atoms with Crippen molar-refractivity contribution in [3.63, 3.8) is 0 Å². The summed E-state index contributed by atoms with van der Waals surface area (Å²) in [5, 5.41) is 7.22. The molecule has 0 atom stereocenters. The van der Waals surface area contributed by atoms with Gasteiger partial charge in [0, 0.05) is 39.3 Å². The van der Waals surface area contributed by atoms with E-state index in [1.165, 1.54) is 18.4 Å². The monoisotopic (exact) mass is 408 g/mol. The smallest absolute Gasteiger partial charge is 0.242 e. The Balaban J connectivity index is 1.86. The highest BCUT2D eigenvalue weighted by Crippen LogP contribution is 2.15. The van der Waals surface area contributed by atoms with Crippen LogP contribution in [0.1, 0.15) is 11.1 Å². The van der Waals surface area contributed by atoms with Gasteiger partial charge in [0.25, 0.3) is 0 Å². The van der Waals surface area contributed by atoms with Gasteiger partial charge in [0.1, 0.15) is 0 Å². The summed E-state index contributed by atoms with van der Waals surface area (Å²) < 4.78 is 25.4. The summed E-state index contributed by atoms with van der Waals surface area (Å²) in [6.07, 6.45) is 0.789. The Kier molecular flexibility index (Phi) is 7.65. The SMILES string of the molecule is CN=C(NCCc1ccccc1Cl)NCc1ccc(S(=O)(=O)N(C)C)cc1. The quantitative estimate of drug-likeness (QED) is 0.545. The molecule has 0 aliphatic carbocycles. The van der Waals surface area contributed by atoms with Gasteiger partial charge in [0.05, 0.1) is 4.90 Å². The van der Waals surface area contributed by atoms with Crippen molar-refractivity contribution in [3.8, 4) is 0 Å². The third-order valence-electron chi connectivity index (χ3n) is 4.03. The Morgan fingerprint density at radius 1 is 1.07 bits per heavy atom. The number of sulfonamides is 1. The van der Waals surface area contributed by atoms with E-state index in [9.17, 15) is 8.42 Å². The van der Waals surface area contributed by atoms with E-state index in [1.54, 1.807) is 31.3 Å². The van der Waals surface area contributed by atoms with Crippen LogP contribution in [0.3, 0.4) is 0 Å². The number of halogens is 1. The van der Waals surface area contributed by atoms with Gasteiger partial charge < -0.3 is 10.6 Å². The first-order valence-corrected chi connectivity index (χ1v) is 10.4. The lowest BCUT2D eigenvalue weighted by atomic mass is 10.1. The van der Waals surface area contributed by atoms with Crippen molar-refractivity contribution < 1.29 is 8.42 Å². The van der Waals surface area contributed by atoms with Crippen LogP contribution in [0.4, 0.5) is 0 Å². The molecular weight excluding hydrogens is 384 g/mol. The van der Waals surface area contributed by atoms with E-state index >= 15 is 0 Å². The summed E-state index contributed by atoms with van der Waals surface area (Å²) in [6, 6.07) is 14.6. The van der Waals surface area contributed by atoms with Crippen LogP contribution in [0.2, 0.25) is 5.02 Å². The van der Waals surface area contributed by atoms with Gasteiger partial charge in [-0.05, 0) is 35.7 Å². The average molecular weight is 409 g/mol. The lowest BCUT2D eigenvalue weighted by molar-refractivity contribution is 0.520. The van der Waals surface area contributed by atoms with Crippen molar-refractivity contribution in [2.24, 2.45) is 4.99 Å². The zero-order valence-corrected chi connectivity index (χ0v) is 17.3. The van der Waals surface area contributed by atoms with Crippen LogP contribution in [0, 0.1) is 0 Å². The van der Waals surface area contributed by atoms with E-state index in [1.807, 2.05) is 24.3 Å². The molecule has 0 aliphatic heterocycles. The number of hydrogen-bond donors (Lipinski definition) is 2. The molecule has 0 spiro atoms. The van der Waals surface area contributed by atoms with Gasteiger partial charge in [-0.1, -0.05) is 41.9 Å². The Morgan fingerprint density at radius 3 is 2.33 bits per heavy atom. The molecule has 0 fully saturated rings. The number of benzene rings is 2. The third kappa shape index (κ3) is 5.95. The minimum Gasteiger partial charge on any atom is -0.356 e. The van der Waals surface area contributed by atoms with Gasteiger partial charge in [0.15, 0.2) is 5.96 Å². The molecule has 0 heterocycles. The molecule has 0 radical (unpaired) electrons. The average Bonchev–Trinajstić information content (AvgIpc) is 2.66. The standard InChI is InChI=1S/C19H25ClN4O2S/c1-21-19(22-13-12-16-6-4-5-7-18(16)20)23-14-15-8-10-17(11-9-15)27(25,26)24(2)3/h4-11H,12-14H2,1-3H3,(H2,21,22,23). The van der Waals surface area contributed by atoms with Gasteiger partial charge in [-0.3, -0.25) is 4.99 Å². The summed E-state index contributed by atoms with van der Waals surface area (Å²) in [6.45, 7) is 1.23. The van der Waals surface area contributed by atoms with Gasteiger partial charge >= 0.3 is 0 Å². The maximum atomic E-state index is 12.1. The van der Waals surface area contributed by atoms with E-state index in [4.69, 9.17) is 11.6 Å². The topological polar surface area (TPSA) is 73.8 Å². The van der Waals surface area contributed by atoms with Crippen molar-refractivity contribution in [1.29, 1.82) is 0 Å². The highest BCUT2D eigenvalue weighted by atomic mass is 35.5. The maximum absolute atomic E-state index is 12.1. The molecule has 0 unspecified atom stereocenters. The van der Waals surface area contributed by atoms with Crippen molar-refractivity contribution in [2.45, 2.75) is 17.9 Å². The fourth-order valence-corrected chi connectivity index (χ4v) is 3.55. The summed E-state index contributed by atoms with van der Waals surface area (Å²) in [4.78, 5) is 4.47. The van der Waals surface area contributed by atoms with Crippen molar-refractivity contribution in [3.05, 3.63) is 64.7 Å². The normalized spacial score (nSPS) is 12.3. The molecule has 146 valence electrons. The molecule has 2 rings (SSSR count). The van der Waals surface area contributed by atoms with Crippen LogP contribution in [0.25, 0.3) is 0 Å². The molecule has 27 heavy (non-hydrogen) atoms. The molecule has 8 heteroatoms. The number of hydrogen-bond acceptors (Lipinski definition) is 3. The number of nitrogens with zero attached hydrogens (tertiary/aromatic N) is 2. The van der Waals surface area contributed by atoms with E-state index in [0.717, 1.165) is 22.6 Å². The lowest BCUT2D eigenvalue weighted by Crippen LogP contribution is -2.37. The fraction of sp³-hybridized carbons (Fsp3) is 0.316. The van der Waals surface area contributed by atoms with Gasteiger partial charge in [-0.25, -0.2) is 12.7 Å². The molecule has 2 aromatic carbocycles. The van der Waals surface area contributed by atoms with Crippen LogP contribution in [-0.2, 0) is 23.0 Å². The number of guanidine groups is 1. The maximum Gasteiger partial charge on any atom is 0.242 e. The van der Waals surface area contributed by atoms with Gasteiger partial charge in [-0.2, -0.15) is 0 Å². The second kappa shape index (κ2) is 9.73. The predicted octanol–water partition coefficient (Wildman–Crippen LogP) is 2.50. The van der Waals surface area contributed by atoms with Crippen molar-refractivity contribution >= 4 is 27.6 Å². The molecule has 0 aliphatic rings. The molecule has 6 nitrogen and oxygen atoms in total. The summed E-state index contributed by atoms with van der Waals surface area (Å²) in [7, 11) is 1.33. The Labute approximate surface area is 166 Å². The fourth-order valence-electron chi connectivity index (χ4n) is 2.41. The van der Waals surface area contributed by atoms with Gasteiger partial charge in [0.2, 0.25) is 10.0 Å². The second-order valence-corrected chi connectivity index (χ2v) is 8.68. The zero-order valence-electron chi connectivity index (χ0n) is 15.7. The second-order valence-electron chi connectivity index (χ2n) is 6.13. The highest BCUT2D eigenvalue weighted by Gasteiger charge is 2.16. The Hall–Kier alpha value is -2.09. The van der Waals surface area contributed by atoms with E-state index in [-0.39, 0.29) is 4.90 Å². The van der Waals surface area contributed by atoms with E-state index < -0.39 is 10.0 Å². The highest BCUT2D eigenvalue weighted by molar-refractivity contribution is 7.89. The van der Waals surface area contributed by atoms with Crippen LogP contribution in [0.5, 0.6) is 0 Å². The molecular formula is C19H25ClN4O2S. The molecule has 0 saturated carbocycles. The van der Waals surface area contributed by atoms with Crippen LogP contribution >= 0.6 is 11.6 Å². The number of rotatable bonds is 7. The van der Waals surface area contributed by atoms with E-state index in [0.29, 0.717) is 19.0 Å². The summed E-state index contributed by atoms with van der Waals surface area (Å²) in [5.41, 5.74) is 2.04. The zero-order chi connectivity index (χ0) is 19.9. The van der Waals surface area contributed by atoms with Crippen LogP contribution in [0.15, 0.2) is 58.4 Å². The molecule has 0 bridgehead atoms. The van der Waals surface area contributed by atoms with E-state index in [2.05, 4.69) is 15.6 Å². The van der Waals surface area contributed by atoms with Crippen molar-refractivity contribution in [1.82, 2.24) is 14.9 Å². The third-order valence-corrected chi connectivity index (χ3v) is 6.23. The van der Waals surface area contributed by atoms with Crippen molar-refractivity contribution in [2.75, 3.05) is 27.7 Å². The predicted molar refractivity (Wildman–Crippen MR) is 111 cm³/mol. The molecule has 0 aromatic heterocycles. The minimum absolute atomic E-state index is 0.276. The summed E-state index contributed by atoms with van der Waals surface area (Å²) >= 11 is 6.16. The first-order valence-electron chi connectivity index (χ1n) is 8.54. The Bertz CT molecular complexity index is 881. The van der Waals surface area contributed by atoms with Gasteiger partial charge in [-0.15, -0.1) is 0 Å². The summed E-state index contributed by atoms with van der Waals surface area (Å²) in [5.74, 6) is 0.673. The lowest BCUT2D eigenvalue weighted by Gasteiger charge is -2.14. The number of aliphatic imine (C=N–C) groups is 1. The first-order chi connectivity index (χ1) is 12.8. The molecule has 2 N–H and O–H groups in total. The largest absolute Gasteiger partial charge is 0.356 e. The Morgan fingerprint density at radius 2 is 1.74 bits per heavy atom. The van der Waals surface area contributed by atoms with Crippen LogP contribution in [-0.4, -0.2) is 46.4 Å². The molecule has 0 saturated heterocycles. The number of nitrogens with one attached hydrogen (secondary N) is 2.